The smallest absolute Gasteiger partial charge is 0.434 e. The van der Waals surface area contributed by atoms with Gasteiger partial charge in [0.05, 0.1) is 9.73 Å². The van der Waals surface area contributed by atoms with Gasteiger partial charge in [0.1, 0.15) is 11.7 Å². The van der Waals surface area contributed by atoms with Gasteiger partial charge in [-0.25, -0.2) is 13.8 Å². The van der Waals surface area contributed by atoms with Crippen LogP contribution in [-0.4, -0.2) is 21.6 Å². The minimum Gasteiger partial charge on any atom is -0.440 e. The lowest BCUT2D eigenvalue weighted by atomic mass is 10.1. The Hall–Kier alpha value is -1.95. The van der Waals surface area contributed by atoms with Crippen molar-refractivity contribution in [3.05, 3.63) is 48.6 Å². The molecule has 0 aliphatic carbocycles. The molecular weight excluding hydrogens is 300 g/mol. The first-order valence-corrected chi connectivity index (χ1v) is 8.80. The topological polar surface area (TPSA) is 79.6 Å². The number of hydrogen-bond donors (Lipinski definition) is 1. The van der Waals surface area contributed by atoms with Crippen LogP contribution in [0.4, 0.5) is 4.79 Å². The lowest BCUT2D eigenvalue weighted by Crippen LogP contribution is -2.14. The Kier molecular flexibility index (Phi) is 6.98. The van der Waals surface area contributed by atoms with Crippen LogP contribution in [0.25, 0.3) is 0 Å². The molecule has 0 aromatic heterocycles. The number of carbonyl (C=O) groups excluding carboxylic acids is 1. The van der Waals surface area contributed by atoms with Crippen molar-refractivity contribution in [3.63, 3.8) is 0 Å². The summed E-state index contributed by atoms with van der Waals surface area (Å²) < 4.78 is 24.8. The number of aliphatic imine (C=N–C) groups is 1. The Labute approximate surface area is 132 Å². The fraction of sp³-hybridized carbons (Fsp3) is 0.375. The number of hydrogen-bond acceptors (Lipinski definition) is 4. The molecule has 0 aliphatic rings. The highest BCUT2D eigenvalue weighted by molar-refractivity contribution is 8.05. The molecule has 0 heterocycles. The van der Waals surface area contributed by atoms with E-state index in [1.54, 1.807) is 13.0 Å². The molecule has 1 aromatic carbocycles. The normalized spacial score (nSPS) is 16.6. The van der Waals surface area contributed by atoms with Gasteiger partial charge in [0.2, 0.25) is 0 Å². The molecule has 0 spiro atoms. The zero-order valence-electron chi connectivity index (χ0n) is 12.9. The summed E-state index contributed by atoms with van der Waals surface area (Å²) in [7, 11) is -3.04. The molecule has 22 heavy (non-hydrogen) atoms. The Bertz CT molecular complexity index is 624. The Balaban J connectivity index is 2.58. The summed E-state index contributed by atoms with van der Waals surface area (Å²) in [6.45, 7) is 7.21. The van der Waals surface area contributed by atoms with E-state index in [4.69, 9.17) is 9.52 Å². The first-order chi connectivity index (χ1) is 10.3. The molecule has 5 nitrogen and oxygen atoms in total. The van der Waals surface area contributed by atoms with E-state index in [1.165, 1.54) is 0 Å². The van der Waals surface area contributed by atoms with Gasteiger partial charge in [-0.15, -0.1) is 6.58 Å². The van der Waals surface area contributed by atoms with E-state index in [1.807, 2.05) is 37.3 Å². The molecule has 0 saturated heterocycles. The van der Waals surface area contributed by atoms with Crippen LogP contribution in [0.3, 0.4) is 0 Å². The Morgan fingerprint density at radius 3 is 2.64 bits per heavy atom. The maximum Gasteiger partial charge on any atom is 0.434 e. The predicted octanol–water partition coefficient (Wildman–Crippen LogP) is 4.17. The van der Waals surface area contributed by atoms with Crippen molar-refractivity contribution in [3.8, 4) is 0 Å². The maximum absolute atomic E-state index is 12.0. The molecular formula is C16H22N2O3S. The summed E-state index contributed by atoms with van der Waals surface area (Å²) in [5.41, 5.74) is 1.74. The Morgan fingerprint density at radius 1 is 1.41 bits per heavy atom. The minimum absolute atomic E-state index is 0.0493. The molecule has 1 rings (SSSR count). The van der Waals surface area contributed by atoms with Crippen molar-refractivity contribution < 1.29 is 13.7 Å². The molecule has 0 saturated carbocycles. The highest BCUT2D eigenvalue weighted by Crippen LogP contribution is 2.16. The molecule has 1 amide bonds. The number of carbonyl (C=O) groups is 1. The summed E-state index contributed by atoms with van der Waals surface area (Å²) >= 11 is 0. The van der Waals surface area contributed by atoms with E-state index < -0.39 is 21.9 Å². The van der Waals surface area contributed by atoms with E-state index in [2.05, 4.69) is 11.6 Å². The van der Waals surface area contributed by atoms with Crippen molar-refractivity contribution in [1.29, 1.82) is 4.78 Å². The van der Waals surface area contributed by atoms with Crippen LogP contribution < -0.4 is 0 Å². The van der Waals surface area contributed by atoms with Crippen LogP contribution in [0.15, 0.2) is 48.0 Å². The standard InChI is InChI=1S/C16H22N2O3S/c1-4-8-13(2)11-22(17,20)12-18-16(19)21-14(3)15-9-6-5-7-10-15/h4-7,9-10,12-14,17H,1,8,11H2,2-3H3/b18-12+/t13-,14-,22?/m0/s1. The SMILES string of the molecule is C=CC[C@H](C)CS(=N)(=O)/C=N/C(=O)O[C@@H](C)c1ccccc1. The predicted molar refractivity (Wildman–Crippen MR) is 89.5 cm³/mol. The van der Waals surface area contributed by atoms with Crippen LogP contribution >= 0.6 is 0 Å². The van der Waals surface area contributed by atoms with Gasteiger partial charge in [-0.1, -0.05) is 43.3 Å². The maximum atomic E-state index is 12.0. The van der Waals surface area contributed by atoms with Gasteiger partial charge < -0.3 is 4.74 Å². The second kappa shape index (κ2) is 8.48. The third-order valence-electron chi connectivity index (χ3n) is 2.98. The molecule has 0 fully saturated rings. The summed E-state index contributed by atoms with van der Waals surface area (Å²) in [6.07, 6.45) is 1.09. The monoisotopic (exact) mass is 322 g/mol. The highest BCUT2D eigenvalue weighted by Gasteiger charge is 2.13. The zero-order chi connectivity index (χ0) is 16.6. The number of allylic oxidation sites excluding steroid dienone is 1. The van der Waals surface area contributed by atoms with Gasteiger partial charge in [-0.2, -0.15) is 4.99 Å². The van der Waals surface area contributed by atoms with E-state index in [0.29, 0.717) is 6.42 Å². The van der Waals surface area contributed by atoms with Gasteiger partial charge in [0.25, 0.3) is 0 Å². The molecule has 0 bridgehead atoms. The molecule has 0 radical (unpaired) electrons. The second-order valence-corrected chi connectivity index (χ2v) is 7.19. The van der Waals surface area contributed by atoms with E-state index >= 15 is 0 Å². The summed E-state index contributed by atoms with van der Waals surface area (Å²) in [5.74, 6) is 0.192. The minimum atomic E-state index is -3.04. The van der Waals surface area contributed by atoms with Crippen molar-refractivity contribution in [1.82, 2.24) is 0 Å². The van der Waals surface area contributed by atoms with E-state index in [0.717, 1.165) is 11.1 Å². The van der Waals surface area contributed by atoms with Gasteiger partial charge in [-0.05, 0) is 24.8 Å². The third kappa shape index (κ3) is 6.67. The summed E-state index contributed by atoms with van der Waals surface area (Å²) in [6, 6.07) is 9.25. The van der Waals surface area contributed by atoms with Crippen molar-refractivity contribution in [2.45, 2.75) is 26.4 Å². The van der Waals surface area contributed by atoms with Crippen molar-refractivity contribution in [2.75, 3.05) is 5.75 Å². The number of amides is 1. The zero-order valence-corrected chi connectivity index (χ0v) is 13.7. The lowest BCUT2D eigenvalue weighted by molar-refractivity contribution is 0.117. The lowest BCUT2D eigenvalue weighted by Gasteiger charge is -2.11. The number of ether oxygens (including phenoxy) is 1. The molecule has 120 valence electrons. The largest absolute Gasteiger partial charge is 0.440 e. The van der Waals surface area contributed by atoms with Crippen LogP contribution in [0.2, 0.25) is 0 Å². The first-order valence-electron chi connectivity index (χ1n) is 7.01. The highest BCUT2D eigenvalue weighted by atomic mass is 32.2. The first kappa shape index (κ1) is 18.1. The van der Waals surface area contributed by atoms with E-state index in [-0.39, 0.29) is 11.7 Å². The number of nitrogens with one attached hydrogen (secondary N) is 1. The van der Waals surface area contributed by atoms with Crippen LogP contribution in [0, 0.1) is 10.7 Å². The summed E-state index contributed by atoms with van der Waals surface area (Å²) in [4.78, 5) is 15.1. The Morgan fingerprint density at radius 2 is 2.05 bits per heavy atom. The fourth-order valence-electron chi connectivity index (χ4n) is 1.92. The molecule has 0 aliphatic heterocycles. The van der Waals surface area contributed by atoms with Gasteiger partial charge in [0, 0.05) is 5.75 Å². The van der Waals surface area contributed by atoms with Crippen molar-refractivity contribution in [2.24, 2.45) is 10.9 Å². The molecule has 1 unspecified atom stereocenters. The number of nitrogens with zero attached hydrogens (tertiary/aromatic N) is 1. The summed E-state index contributed by atoms with van der Waals surface area (Å²) in [5, 5.41) is 0. The van der Waals surface area contributed by atoms with Gasteiger partial charge in [-0.3, -0.25) is 0 Å². The molecule has 6 heteroatoms. The van der Waals surface area contributed by atoms with E-state index in [9.17, 15) is 9.00 Å². The average molecular weight is 322 g/mol. The quantitative estimate of drug-likeness (QED) is 0.465. The molecule has 1 aromatic rings. The second-order valence-electron chi connectivity index (χ2n) is 5.19. The fourth-order valence-corrected chi connectivity index (χ4v) is 3.24. The average Bonchev–Trinajstić information content (AvgIpc) is 2.46. The van der Waals surface area contributed by atoms with Crippen LogP contribution in [0.5, 0.6) is 0 Å². The number of rotatable bonds is 7. The van der Waals surface area contributed by atoms with Gasteiger partial charge in [0.15, 0.2) is 0 Å². The number of benzene rings is 1. The van der Waals surface area contributed by atoms with Crippen LogP contribution in [-0.2, 0) is 14.5 Å². The van der Waals surface area contributed by atoms with Gasteiger partial charge >= 0.3 is 6.09 Å². The molecule has 1 N–H and O–H groups in total. The molecule has 3 atom stereocenters. The van der Waals surface area contributed by atoms with Crippen LogP contribution in [0.1, 0.15) is 31.9 Å². The van der Waals surface area contributed by atoms with Crippen molar-refractivity contribution >= 4 is 21.4 Å². The third-order valence-corrected chi connectivity index (χ3v) is 4.49.